The Bertz CT molecular complexity index is 391. The van der Waals surface area contributed by atoms with Crippen molar-refractivity contribution in [3.63, 3.8) is 0 Å². The number of hydrogen-bond acceptors (Lipinski definition) is 2. The topological polar surface area (TPSA) is 38.3 Å². The fourth-order valence-electron chi connectivity index (χ4n) is 1.14. The highest BCUT2D eigenvalue weighted by Crippen LogP contribution is 2.14. The van der Waals surface area contributed by atoms with Gasteiger partial charge in [-0.25, -0.2) is 0 Å². The minimum absolute atomic E-state index is 0.00866. The molecule has 1 aromatic rings. The van der Waals surface area contributed by atoms with Gasteiger partial charge in [-0.3, -0.25) is 4.79 Å². The van der Waals surface area contributed by atoms with Gasteiger partial charge >= 0.3 is 12.1 Å². The standard InChI is InChI=1S/C11H12F3NO2/c1-8-3-2-4-9(7-8)17-6-5-15-10(16)11(12,13)14/h2-4,7H,5-6H2,1H3,(H,15,16). The Hall–Kier alpha value is -1.72. The maximum absolute atomic E-state index is 11.8. The normalized spacial score (nSPS) is 11.1. The Labute approximate surface area is 96.6 Å². The lowest BCUT2D eigenvalue weighted by atomic mass is 10.2. The molecule has 0 atom stereocenters. The Morgan fingerprint density at radius 3 is 2.71 bits per heavy atom. The number of carbonyl (C=O) groups is 1. The lowest BCUT2D eigenvalue weighted by Crippen LogP contribution is -2.38. The minimum Gasteiger partial charge on any atom is -0.492 e. The van der Waals surface area contributed by atoms with E-state index in [0.717, 1.165) is 5.56 Å². The molecule has 1 rings (SSSR count). The summed E-state index contributed by atoms with van der Waals surface area (Å²) in [4.78, 5) is 10.4. The zero-order valence-electron chi connectivity index (χ0n) is 9.17. The monoisotopic (exact) mass is 247 g/mol. The summed E-state index contributed by atoms with van der Waals surface area (Å²) in [6.07, 6.45) is -4.84. The molecule has 0 saturated carbocycles. The Morgan fingerprint density at radius 1 is 1.41 bits per heavy atom. The minimum atomic E-state index is -4.84. The maximum Gasteiger partial charge on any atom is 0.471 e. The first-order valence-electron chi connectivity index (χ1n) is 4.94. The van der Waals surface area contributed by atoms with Gasteiger partial charge in [0.15, 0.2) is 0 Å². The summed E-state index contributed by atoms with van der Waals surface area (Å²) in [5.74, 6) is -1.39. The second kappa shape index (κ2) is 5.56. The summed E-state index contributed by atoms with van der Waals surface area (Å²) in [7, 11) is 0. The number of halogens is 3. The molecule has 0 aliphatic heterocycles. The first-order chi connectivity index (χ1) is 7.89. The van der Waals surface area contributed by atoms with E-state index in [0.29, 0.717) is 5.75 Å². The average Bonchev–Trinajstić information content (AvgIpc) is 2.23. The van der Waals surface area contributed by atoms with Crippen LogP contribution in [-0.2, 0) is 4.79 Å². The summed E-state index contributed by atoms with van der Waals surface area (Å²) in [5, 5.41) is 1.72. The van der Waals surface area contributed by atoms with Gasteiger partial charge in [0.1, 0.15) is 12.4 Å². The molecule has 6 heteroatoms. The van der Waals surface area contributed by atoms with Gasteiger partial charge in [-0.1, -0.05) is 12.1 Å². The largest absolute Gasteiger partial charge is 0.492 e. The van der Waals surface area contributed by atoms with Crippen LogP contribution in [0.4, 0.5) is 13.2 Å². The molecule has 0 spiro atoms. The molecule has 1 amide bonds. The van der Waals surface area contributed by atoms with E-state index >= 15 is 0 Å². The highest BCUT2D eigenvalue weighted by atomic mass is 19.4. The molecule has 94 valence electrons. The van der Waals surface area contributed by atoms with Crippen LogP contribution in [0.2, 0.25) is 0 Å². The first kappa shape index (κ1) is 13.3. The third-order valence-electron chi connectivity index (χ3n) is 1.90. The molecule has 0 heterocycles. The molecule has 17 heavy (non-hydrogen) atoms. The van der Waals surface area contributed by atoms with Crippen molar-refractivity contribution < 1.29 is 22.7 Å². The smallest absolute Gasteiger partial charge is 0.471 e. The Kier molecular flexibility index (Phi) is 4.37. The van der Waals surface area contributed by atoms with Crippen molar-refractivity contribution in [1.29, 1.82) is 0 Å². The predicted molar refractivity (Wildman–Crippen MR) is 55.7 cm³/mol. The van der Waals surface area contributed by atoms with Crippen LogP contribution in [0.1, 0.15) is 5.56 Å². The molecule has 0 unspecified atom stereocenters. The van der Waals surface area contributed by atoms with Crippen molar-refractivity contribution in [2.45, 2.75) is 13.1 Å². The predicted octanol–water partition coefficient (Wildman–Crippen LogP) is 2.05. The average molecular weight is 247 g/mol. The molecule has 0 radical (unpaired) electrons. The van der Waals surface area contributed by atoms with Crippen LogP contribution >= 0.6 is 0 Å². The third kappa shape index (κ3) is 4.76. The zero-order valence-corrected chi connectivity index (χ0v) is 9.17. The van der Waals surface area contributed by atoms with Crippen LogP contribution in [0.15, 0.2) is 24.3 Å². The van der Waals surface area contributed by atoms with Crippen molar-refractivity contribution in [1.82, 2.24) is 5.32 Å². The highest BCUT2D eigenvalue weighted by Gasteiger charge is 2.38. The van der Waals surface area contributed by atoms with E-state index in [9.17, 15) is 18.0 Å². The van der Waals surface area contributed by atoms with Gasteiger partial charge in [-0.05, 0) is 24.6 Å². The lowest BCUT2D eigenvalue weighted by molar-refractivity contribution is -0.173. The number of aryl methyl sites for hydroxylation is 1. The number of nitrogens with one attached hydrogen (secondary N) is 1. The van der Waals surface area contributed by atoms with E-state index in [2.05, 4.69) is 0 Å². The Balaban J connectivity index is 2.28. The van der Waals surface area contributed by atoms with E-state index in [1.54, 1.807) is 23.5 Å². The SMILES string of the molecule is Cc1cccc(OCCNC(=O)C(F)(F)F)c1. The van der Waals surface area contributed by atoms with E-state index in [4.69, 9.17) is 4.74 Å². The number of ether oxygens (including phenoxy) is 1. The fourth-order valence-corrected chi connectivity index (χ4v) is 1.14. The van der Waals surface area contributed by atoms with Crippen molar-refractivity contribution in [2.75, 3.05) is 13.2 Å². The number of benzene rings is 1. The van der Waals surface area contributed by atoms with Gasteiger partial charge in [-0.15, -0.1) is 0 Å². The summed E-state index contributed by atoms with van der Waals surface area (Å²) in [6, 6.07) is 7.10. The van der Waals surface area contributed by atoms with Gasteiger partial charge in [-0.2, -0.15) is 13.2 Å². The van der Waals surface area contributed by atoms with Gasteiger partial charge in [0.05, 0.1) is 6.54 Å². The van der Waals surface area contributed by atoms with Crippen LogP contribution < -0.4 is 10.1 Å². The summed E-state index contributed by atoms with van der Waals surface area (Å²) in [6.45, 7) is 1.68. The van der Waals surface area contributed by atoms with E-state index in [1.165, 1.54) is 0 Å². The summed E-state index contributed by atoms with van der Waals surface area (Å²) < 4.78 is 40.6. The second-order valence-electron chi connectivity index (χ2n) is 3.42. The van der Waals surface area contributed by atoms with Crippen LogP contribution in [0.25, 0.3) is 0 Å². The maximum atomic E-state index is 11.8. The molecular formula is C11H12F3NO2. The highest BCUT2D eigenvalue weighted by molar-refractivity contribution is 5.81. The quantitative estimate of drug-likeness (QED) is 0.827. The van der Waals surface area contributed by atoms with Crippen molar-refractivity contribution in [3.8, 4) is 5.75 Å². The van der Waals surface area contributed by atoms with E-state index < -0.39 is 12.1 Å². The van der Waals surface area contributed by atoms with Crippen LogP contribution in [-0.4, -0.2) is 25.2 Å². The molecule has 1 N–H and O–H groups in total. The first-order valence-corrected chi connectivity index (χ1v) is 4.94. The summed E-state index contributed by atoms with van der Waals surface area (Å²) in [5.41, 5.74) is 0.988. The van der Waals surface area contributed by atoms with Gasteiger partial charge in [0, 0.05) is 0 Å². The lowest BCUT2D eigenvalue weighted by Gasteiger charge is -2.09. The molecule has 0 fully saturated rings. The van der Waals surface area contributed by atoms with Gasteiger partial charge < -0.3 is 10.1 Å². The van der Waals surface area contributed by atoms with Crippen molar-refractivity contribution in [2.24, 2.45) is 0 Å². The Morgan fingerprint density at radius 2 is 2.12 bits per heavy atom. The number of rotatable bonds is 4. The summed E-state index contributed by atoms with van der Waals surface area (Å²) >= 11 is 0. The van der Waals surface area contributed by atoms with Gasteiger partial charge in [0.2, 0.25) is 0 Å². The molecule has 3 nitrogen and oxygen atoms in total. The van der Waals surface area contributed by atoms with Crippen molar-refractivity contribution >= 4 is 5.91 Å². The molecule has 0 aliphatic rings. The fraction of sp³-hybridized carbons (Fsp3) is 0.364. The molecule has 0 bridgehead atoms. The zero-order chi connectivity index (χ0) is 12.9. The van der Waals surface area contributed by atoms with Gasteiger partial charge in [0.25, 0.3) is 0 Å². The van der Waals surface area contributed by atoms with Crippen molar-refractivity contribution in [3.05, 3.63) is 29.8 Å². The second-order valence-corrected chi connectivity index (χ2v) is 3.42. The van der Waals surface area contributed by atoms with Crippen LogP contribution in [0.5, 0.6) is 5.75 Å². The molecule has 0 aromatic heterocycles. The molecular weight excluding hydrogens is 235 g/mol. The molecule has 1 aromatic carbocycles. The number of hydrogen-bond donors (Lipinski definition) is 1. The number of alkyl halides is 3. The molecule has 0 aliphatic carbocycles. The van der Waals surface area contributed by atoms with E-state index in [1.807, 2.05) is 13.0 Å². The third-order valence-corrected chi connectivity index (χ3v) is 1.90. The van der Waals surface area contributed by atoms with Crippen LogP contribution in [0, 0.1) is 6.92 Å². The van der Waals surface area contributed by atoms with Crippen LogP contribution in [0.3, 0.4) is 0 Å². The molecule has 0 saturated heterocycles. The number of amides is 1. The van der Waals surface area contributed by atoms with E-state index in [-0.39, 0.29) is 13.2 Å². The number of carbonyl (C=O) groups excluding carboxylic acids is 1.